The number of hydrogen-bond donors (Lipinski definition) is 3. The van der Waals surface area contributed by atoms with Gasteiger partial charge in [0.1, 0.15) is 12.6 Å². The van der Waals surface area contributed by atoms with Crippen LogP contribution in [0.3, 0.4) is 0 Å². The standard InChI is InChI=1S/C28H28N2O5/c1-3-17-13-14-25(22(15-17)27(32)33)29-26(31)24(4-2)30-28(34)35-16-23-20-11-7-5-9-18(20)19-10-6-8-12-21(19)23/h5-15,23-24H,3-4,16H2,1-2H3,(H,29,31)(H,30,34)(H,32,33)/t24-/m1/s1. The Bertz CT molecular complexity index is 1220. The lowest BCUT2D eigenvalue weighted by molar-refractivity contribution is -0.118. The van der Waals surface area contributed by atoms with Gasteiger partial charge < -0.3 is 20.5 Å². The SMILES string of the molecule is CCc1ccc(NC(=O)[C@@H](CC)NC(=O)OCC2c3ccccc3-c3ccccc32)c(C(=O)O)c1. The fraction of sp³-hybridized carbons (Fsp3) is 0.250. The highest BCUT2D eigenvalue weighted by Gasteiger charge is 2.29. The third-order valence-electron chi connectivity index (χ3n) is 6.34. The number of ether oxygens (including phenoxy) is 1. The minimum atomic E-state index is -1.13. The summed E-state index contributed by atoms with van der Waals surface area (Å²) < 4.78 is 5.54. The van der Waals surface area contributed by atoms with E-state index in [1.807, 2.05) is 43.3 Å². The summed E-state index contributed by atoms with van der Waals surface area (Å²) in [5.74, 6) is -1.72. The van der Waals surface area contributed by atoms with Crippen LogP contribution >= 0.6 is 0 Å². The molecule has 0 aromatic heterocycles. The molecule has 7 nitrogen and oxygen atoms in total. The van der Waals surface area contributed by atoms with E-state index >= 15 is 0 Å². The Hall–Kier alpha value is -4.13. The molecule has 0 unspecified atom stereocenters. The van der Waals surface area contributed by atoms with Crippen molar-refractivity contribution in [2.75, 3.05) is 11.9 Å². The number of hydrogen-bond acceptors (Lipinski definition) is 4. The molecule has 0 fully saturated rings. The molecular formula is C28H28N2O5. The van der Waals surface area contributed by atoms with Crippen LogP contribution < -0.4 is 10.6 Å². The molecule has 0 radical (unpaired) electrons. The van der Waals surface area contributed by atoms with Crippen LogP contribution in [0, 0.1) is 0 Å². The number of carboxylic acids is 1. The molecule has 1 aliphatic rings. The largest absolute Gasteiger partial charge is 0.478 e. The van der Waals surface area contributed by atoms with Gasteiger partial charge in [-0.3, -0.25) is 4.79 Å². The quantitative estimate of drug-likeness (QED) is 0.418. The van der Waals surface area contributed by atoms with Crippen molar-refractivity contribution in [3.05, 3.63) is 89.0 Å². The van der Waals surface area contributed by atoms with Gasteiger partial charge in [0.2, 0.25) is 5.91 Å². The van der Waals surface area contributed by atoms with Gasteiger partial charge in [-0.25, -0.2) is 9.59 Å². The Morgan fingerprint density at radius 2 is 1.57 bits per heavy atom. The van der Waals surface area contributed by atoms with Crippen molar-refractivity contribution in [1.82, 2.24) is 5.32 Å². The van der Waals surface area contributed by atoms with E-state index in [-0.39, 0.29) is 23.8 Å². The predicted molar refractivity (Wildman–Crippen MR) is 134 cm³/mol. The maximum absolute atomic E-state index is 12.8. The van der Waals surface area contributed by atoms with Crippen LogP contribution in [0.5, 0.6) is 0 Å². The molecule has 4 rings (SSSR count). The number of amides is 2. The van der Waals surface area contributed by atoms with Gasteiger partial charge in [0.15, 0.2) is 0 Å². The van der Waals surface area contributed by atoms with Crippen LogP contribution in [-0.4, -0.2) is 35.7 Å². The van der Waals surface area contributed by atoms with Gasteiger partial charge >= 0.3 is 12.1 Å². The number of carbonyl (C=O) groups is 3. The van der Waals surface area contributed by atoms with E-state index in [0.29, 0.717) is 12.8 Å². The highest BCUT2D eigenvalue weighted by Crippen LogP contribution is 2.44. The monoisotopic (exact) mass is 472 g/mol. The van der Waals surface area contributed by atoms with E-state index in [0.717, 1.165) is 27.8 Å². The summed E-state index contributed by atoms with van der Waals surface area (Å²) in [5.41, 5.74) is 5.51. The average Bonchev–Trinajstić information content (AvgIpc) is 3.19. The number of carboxylic acid groups (broad SMARTS) is 1. The summed E-state index contributed by atoms with van der Waals surface area (Å²) in [6.45, 7) is 3.82. The number of rotatable bonds is 8. The number of fused-ring (bicyclic) bond motifs is 3. The van der Waals surface area contributed by atoms with Gasteiger partial charge in [-0.1, -0.05) is 68.4 Å². The highest BCUT2D eigenvalue weighted by molar-refractivity contribution is 6.03. The maximum atomic E-state index is 12.8. The van der Waals surface area contributed by atoms with E-state index in [1.54, 1.807) is 19.1 Å². The number of benzene rings is 3. The van der Waals surface area contributed by atoms with Crippen molar-refractivity contribution >= 4 is 23.7 Å². The first-order valence-electron chi connectivity index (χ1n) is 11.7. The van der Waals surface area contributed by atoms with E-state index in [1.165, 1.54) is 6.07 Å². The van der Waals surface area contributed by atoms with Gasteiger partial charge in [0.25, 0.3) is 0 Å². The number of nitrogens with one attached hydrogen (secondary N) is 2. The number of carbonyl (C=O) groups excluding carboxylic acids is 2. The molecule has 0 bridgehead atoms. The molecule has 3 N–H and O–H groups in total. The zero-order valence-corrected chi connectivity index (χ0v) is 19.7. The van der Waals surface area contributed by atoms with Gasteiger partial charge in [0, 0.05) is 5.92 Å². The Balaban J connectivity index is 1.41. The van der Waals surface area contributed by atoms with Crippen molar-refractivity contribution in [2.24, 2.45) is 0 Å². The van der Waals surface area contributed by atoms with Gasteiger partial charge in [-0.15, -0.1) is 0 Å². The molecule has 0 heterocycles. The zero-order chi connectivity index (χ0) is 24.9. The summed E-state index contributed by atoms with van der Waals surface area (Å²) in [6, 6.07) is 20.1. The second-order valence-electron chi connectivity index (χ2n) is 8.46. The molecule has 0 saturated carbocycles. The minimum absolute atomic E-state index is 0.00805. The van der Waals surface area contributed by atoms with E-state index in [4.69, 9.17) is 4.74 Å². The average molecular weight is 473 g/mol. The Kier molecular flexibility index (Phi) is 7.15. The number of aromatic carboxylic acids is 1. The van der Waals surface area contributed by atoms with Crippen LogP contribution in [0.1, 0.15) is 53.2 Å². The highest BCUT2D eigenvalue weighted by atomic mass is 16.5. The Morgan fingerprint density at radius 3 is 2.14 bits per heavy atom. The smallest absolute Gasteiger partial charge is 0.407 e. The first-order chi connectivity index (χ1) is 16.9. The third kappa shape index (κ3) is 5.04. The molecule has 0 aliphatic heterocycles. The number of anilines is 1. The van der Waals surface area contributed by atoms with Gasteiger partial charge in [-0.2, -0.15) is 0 Å². The van der Waals surface area contributed by atoms with Crippen LogP contribution in [0.2, 0.25) is 0 Å². The molecule has 0 saturated heterocycles. The molecule has 7 heteroatoms. The molecule has 3 aromatic carbocycles. The summed E-state index contributed by atoms with van der Waals surface area (Å²) in [5, 5.41) is 14.8. The first kappa shape index (κ1) is 24.0. The Labute approximate surface area is 204 Å². The van der Waals surface area contributed by atoms with Crippen LogP contribution in [0.4, 0.5) is 10.5 Å². The number of aryl methyl sites for hydroxylation is 1. The summed E-state index contributed by atoms with van der Waals surface area (Å²) in [6.07, 6.45) is 0.287. The normalized spacial score (nSPS) is 12.9. The molecule has 0 spiro atoms. The van der Waals surface area contributed by atoms with E-state index in [2.05, 4.69) is 22.8 Å². The van der Waals surface area contributed by atoms with Crippen molar-refractivity contribution in [2.45, 2.75) is 38.6 Å². The number of alkyl carbamates (subject to hydrolysis) is 1. The molecule has 3 aromatic rings. The lowest BCUT2D eigenvalue weighted by Crippen LogP contribution is -2.44. The molecule has 1 atom stereocenters. The Morgan fingerprint density at radius 1 is 0.943 bits per heavy atom. The lowest BCUT2D eigenvalue weighted by Gasteiger charge is -2.19. The second-order valence-corrected chi connectivity index (χ2v) is 8.46. The van der Waals surface area contributed by atoms with Crippen LogP contribution in [-0.2, 0) is 16.0 Å². The molecular weight excluding hydrogens is 444 g/mol. The predicted octanol–water partition coefficient (Wildman–Crippen LogP) is 5.20. The van der Waals surface area contributed by atoms with Crippen LogP contribution in [0.15, 0.2) is 66.7 Å². The fourth-order valence-electron chi connectivity index (χ4n) is 4.45. The summed E-state index contributed by atoms with van der Waals surface area (Å²) >= 11 is 0. The molecule has 180 valence electrons. The fourth-order valence-corrected chi connectivity index (χ4v) is 4.45. The van der Waals surface area contributed by atoms with Crippen molar-refractivity contribution in [3.63, 3.8) is 0 Å². The van der Waals surface area contributed by atoms with Crippen molar-refractivity contribution in [1.29, 1.82) is 0 Å². The van der Waals surface area contributed by atoms with Gasteiger partial charge in [-0.05, 0) is 52.8 Å². The molecule has 1 aliphatic carbocycles. The van der Waals surface area contributed by atoms with Crippen molar-refractivity contribution in [3.8, 4) is 11.1 Å². The van der Waals surface area contributed by atoms with Gasteiger partial charge in [0.05, 0.1) is 11.3 Å². The summed E-state index contributed by atoms with van der Waals surface area (Å²) in [4.78, 5) is 37.1. The van der Waals surface area contributed by atoms with E-state index < -0.39 is 24.0 Å². The van der Waals surface area contributed by atoms with Crippen LogP contribution in [0.25, 0.3) is 11.1 Å². The maximum Gasteiger partial charge on any atom is 0.407 e. The van der Waals surface area contributed by atoms with E-state index in [9.17, 15) is 19.5 Å². The third-order valence-corrected chi connectivity index (χ3v) is 6.34. The topological polar surface area (TPSA) is 105 Å². The zero-order valence-electron chi connectivity index (χ0n) is 19.7. The molecule has 35 heavy (non-hydrogen) atoms. The van der Waals surface area contributed by atoms with Crippen molar-refractivity contribution < 1.29 is 24.2 Å². The minimum Gasteiger partial charge on any atom is -0.478 e. The lowest BCUT2D eigenvalue weighted by atomic mass is 9.98. The first-order valence-corrected chi connectivity index (χ1v) is 11.7. The summed E-state index contributed by atoms with van der Waals surface area (Å²) in [7, 11) is 0. The molecule has 2 amide bonds. The second kappa shape index (κ2) is 10.4.